The van der Waals surface area contributed by atoms with Gasteiger partial charge in [-0.05, 0) is 6.07 Å². The van der Waals surface area contributed by atoms with Crippen LogP contribution < -0.4 is 5.73 Å². The van der Waals surface area contributed by atoms with Crippen LogP contribution in [0.4, 0.5) is 5.69 Å². The first-order valence-electron chi connectivity index (χ1n) is 2.12. The summed E-state index contributed by atoms with van der Waals surface area (Å²) in [6.07, 6.45) is 0. The summed E-state index contributed by atoms with van der Waals surface area (Å²) in [5.74, 6) is 0. The van der Waals surface area contributed by atoms with Crippen molar-refractivity contribution in [2.24, 2.45) is 0 Å². The van der Waals surface area contributed by atoms with Crippen molar-refractivity contribution in [3.8, 4) is 0 Å². The molecule has 35 valence electrons. The summed E-state index contributed by atoms with van der Waals surface area (Å²) in [6.45, 7) is 0. The van der Waals surface area contributed by atoms with Crippen LogP contribution in [0.5, 0.6) is 0 Å². The molecule has 0 aliphatic rings. The second-order valence-electron chi connectivity index (χ2n) is 1.32. The SMILES string of the molecule is Nc1[c]cccc1. The normalized spacial score (nSPS) is 8.57. The van der Waals surface area contributed by atoms with Gasteiger partial charge in [-0.15, -0.1) is 0 Å². The zero-order valence-corrected chi connectivity index (χ0v) is 3.89. The summed E-state index contributed by atoms with van der Waals surface area (Å²) in [4.78, 5) is 0. The fourth-order valence-electron chi connectivity index (χ4n) is 0.407. The molecule has 1 rings (SSSR count). The van der Waals surface area contributed by atoms with Gasteiger partial charge in [0.1, 0.15) is 0 Å². The zero-order chi connectivity index (χ0) is 5.11. The highest BCUT2D eigenvalue weighted by atomic mass is 14.5. The number of nitrogens with two attached hydrogens (primary N) is 1. The quantitative estimate of drug-likeness (QED) is 0.476. The van der Waals surface area contributed by atoms with Gasteiger partial charge in [-0.25, -0.2) is 0 Å². The number of hydrogen-bond donors (Lipinski definition) is 1. The first kappa shape index (κ1) is 4.19. The zero-order valence-electron chi connectivity index (χ0n) is 3.89. The Morgan fingerprint density at radius 2 is 2.29 bits per heavy atom. The van der Waals surface area contributed by atoms with Crippen molar-refractivity contribution in [3.63, 3.8) is 0 Å². The van der Waals surface area contributed by atoms with Crippen LogP contribution in [0.1, 0.15) is 0 Å². The lowest BCUT2D eigenvalue weighted by atomic mass is 10.3. The van der Waals surface area contributed by atoms with Crippen molar-refractivity contribution in [1.82, 2.24) is 0 Å². The molecule has 0 saturated heterocycles. The van der Waals surface area contributed by atoms with Gasteiger partial charge < -0.3 is 5.73 Å². The average molecular weight is 92.1 g/mol. The predicted octanol–water partition coefficient (Wildman–Crippen LogP) is 1.07. The van der Waals surface area contributed by atoms with Gasteiger partial charge in [0.2, 0.25) is 0 Å². The molecule has 0 bridgehead atoms. The fraction of sp³-hybridized carbons (Fsp3) is 0. The van der Waals surface area contributed by atoms with E-state index >= 15 is 0 Å². The first-order chi connectivity index (χ1) is 3.39. The molecule has 1 aromatic carbocycles. The molecule has 0 unspecified atom stereocenters. The molecular formula is C6H6N. The van der Waals surface area contributed by atoms with Crippen LogP contribution in [0, 0.1) is 6.07 Å². The lowest BCUT2D eigenvalue weighted by Crippen LogP contribution is -1.80. The second-order valence-corrected chi connectivity index (χ2v) is 1.32. The highest BCUT2D eigenvalue weighted by Gasteiger charge is 1.73. The fourth-order valence-corrected chi connectivity index (χ4v) is 0.407. The maximum Gasteiger partial charge on any atom is 0.0394 e. The third kappa shape index (κ3) is 0.929. The maximum absolute atomic E-state index is 5.30. The molecule has 0 aliphatic heterocycles. The van der Waals surface area contributed by atoms with Gasteiger partial charge >= 0.3 is 0 Å². The molecule has 2 N–H and O–H groups in total. The molecule has 0 heterocycles. The average Bonchev–Trinajstić information content (AvgIpc) is 1.69. The summed E-state index contributed by atoms with van der Waals surface area (Å²) < 4.78 is 0. The highest BCUT2D eigenvalue weighted by molar-refractivity contribution is 5.34. The minimum Gasteiger partial charge on any atom is -0.398 e. The van der Waals surface area contributed by atoms with Crippen LogP contribution >= 0.6 is 0 Å². The summed E-state index contributed by atoms with van der Waals surface area (Å²) in [5.41, 5.74) is 6.00. The van der Waals surface area contributed by atoms with E-state index in [-0.39, 0.29) is 0 Å². The van der Waals surface area contributed by atoms with E-state index in [1.165, 1.54) is 0 Å². The summed E-state index contributed by atoms with van der Waals surface area (Å²) in [7, 11) is 0. The van der Waals surface area contributed by atoms with Crippen LogP contribution in [0.2, 0.25) is 0 Å². The Bertz CT molecular complexity index is 134. The third-order valence-corrected chi connectivity index (χ3v) is 0.733. The lowest BCUT2D eigenvalue weighted by molar-refractivity contribution is 1.67. The van der Waals surface area contributed by atoms with Crippen molar-refractivity contribution in [2.75, 3.05) is 5.73 Å². The lowest BCUT2D eigenvalue weighted by Gasteiger charge is -1.82. The predicted molar refractivity (Wildman–Crippen MR) is 29.7 cm³/mol. The molecule has 0 atom stereocenters. The molecule has 0 aliphatic carbocycles. The minimum absolute atomic E-state index is 0.697. The molecule has 1 aromatic rings. The summed E-state index contributed by atoms with van der Waals surface area (Å²) in [5, 5.41) is 0. The monoisotopic (exact) mass is 92.1 g/mol. The molecule has 0 aromatic heterocycles. The summed E-state index contributed by atoms with van der Waals surface area (Å²) in [6, 6.07) is 10.2. The number of anilines is 1. The highest BCUT2D eigenvalue weighted by Crippen LogP contribution is 1.94. The Morgan fingerprint density at radius 1 is 1.43 bits per heavy atom. The molecule has 0 amide bonds. The van der Waals surface area contributed by atoms with Gasteiger partial charge in [-0.3, -0.25) is 0 Å². The van der Waals surface area contributed by atoms with Crippen molar-refractivity contribution in [3.05, 3.63) is 30.3 Å². The summed E-state index contributed by atoms with van der Waals surface area (Å²) >= 11 is 0. The molecule has 0 saturated carbocycles. The third-order valence-electron chi connectivity index (χ3n) is 0.733. The Hall–Kier alpha value is -0.980. The van der Waals surface area contributed by atoms with E-state index in [0.717, 1.165) is 0 Å². The Kier molecular flexibility index (Phi) is 0.984. The molecule has 0 spiro atoms. The van der Waals surface area contributed by atoms with E-state index in [2.05, 4.69) is 6.07 Å². The topological polar surface area (TPSA) is 26.0 Å². The van der Waals surface area contributed by atoms with Crippen LogP contribution in [-0.4, -0.2) is 0 Å². The van der Waals surface area contributed by atoms with Gasteiger partial charge in [-0.2, -0.15) is 0 Å². The molecule has 0 fully saturated rings. The number of benzene rings is 1. The van der Waals surface area contributed by atoms with Gasteiger partial charge in [0.25, 0.3) is 0 Å². The van der Waals surface area contributed by atoms with E-state index in [4.69, 9.17) is 5.73 Å². The van der Waals surface area contributed by atoms with E-state index in [9.17, 15) is 0 Å². The van der Waals surface area contributed by atoms with Crippen molar-refractivity contribution in [1.29, 1.82) is 0 Å². The molecule has 1 heteroatoms. The van der Waals surface area contributed by atoms with Crippen LogP contribution in [-0.2, 0) is 0 Å². The number of hydrogen-bond acceptors (Lipinski definition) is 1. The molecule has 7 heavy (non-hydrogen) atoms. The minimum atomic E-state index is 0.697. The Morgan fingerprint density at radius 3 is 2.57 bits per heavy atom. The van der Waals surface area contributed by atoms with Crippen LogP contribution in [0.3, 0.4) is 0 Å². The van der Waals surface area contributed by atoms with Gasteiger partial charge in [0.05, 0.1) is 0 Å². The molecular weight excluding hydrogens is 86.1 g/mol. The van der Waals surface area contributed by atoms with Gasteiger partial charge in [-0.1, -0.05) is 18.2 Å². The van der Waals surface area contributed by atoms with Gasteiger partial charge in [0.15, 0.2) is 0 Å². The van der Waals surface area contributed by atoms with Crippen molar-refractivity contribution >= 4 is 5.69 Å². The number of rotatable bonds is 0. The van der Waals surface area contributed by atoms with Crippen molar-refractivity contribution < 1.29 is 0 Å². The largest absolute Gasteiger partial charge is 0.398 e. The maximum atomic E-state index is 5.30. The molecule has 1 radical (unpaired) electrons. The molecule has 1 nitrogen and oxygen atoms in total. The smallest absolute Gasteiger partial charge is 0.0394 e. The second kappa shape index (κ2) is 1.65. The van der Waals surface area contributed by atoms with E-state index in [1.54, 1.807) is 12.1 Å². The Balaban J connectivity index is 3.02. The standard InChI is InChI=1S/C6H6N/c7-6-4-2-1-3-5-6/h1-4H,7H2. The van der Waals surface area contributed by atoms with E-state index in [0.29, 0.717) is 5.69 Å². The van der Waals surface area contributed by atoms with Gasteiger partial charge in [0, 0.05) is 11.8 Å². The van der Waals surface area contributed by atoms with Crippen LogP contribution in [0.15, 0.2) is 24.3 Å². The number of para-hydroxylation sites is 1. The first-order valence-corrected chi connectivity index (χ1v) is 2.12. The van der Waals surface area contributed by atoms with E-state index in [1.807, 2.05) is 12.1 Å². The van der Waals surface area contributed by atoms with Crippen molar-refractivity contribution in [2.45, 2.75) is 0 Å². The van der Waals surface area contributed by atoms with Crippen LogP contribution in [0.25, 0.3) is 0 Å². The van der Waals surface area contributed by atoms with E-state index < -0.39 is 0 Å². The number of nitrogen functional groups attached to an aromatic ring is 1. The Labute approximate surface area is 42.8 Å².